The van der Waals surface area contributed by atoms with Gasteiger partial charge in [-0.3, -0.25) is 10.9 Å². The minimum absolute atomic E-state index is 0.665. The first-order valence-corrected chi connectivity index (χ1v) is 6.79. The van der Waals surface area contributed by atoms with Gasteiger partial charge in [0.05, 0.1) is 0 Å². The average Bonchev–Trinajstić information content (AvgIpc) is 2.18. The summed E-state index contributed by atoms with van der Waals surface area (Å²) in [6.07, 6.45) is 12.8. The van der Waals surface area contributed by atoms with Crippen molar-refractivity contribution in [2.24, 2.45) is 5.92 Å². The Bertz CT molecular complexity index is 143. The SMILES string of the molecule is CCC(CCCCCC1CCC1)NNC. The van der Waals surface area contributed by atoms with Crippen LogP contribution in [0.5, 0.6) is 0 Å². The van der Waals surface area contributed by atoms with Gasteiger partial charge in [-0.1, -0.05) is 51.9 Å². The average molecular weight is 212 g/mol. The second-order valence-corrected chi connectivity index (χ2v) is 4.93. The van der Waals surface area contributed by atoms with E-state index >= 15 is 0 Å². The third-order valence-electron chi connectivity index (χ3n) is 3.73. The summed E-state index contributed by atoms with van der Waals surface area (Å²) in [5.74, 6) is 1.10. The Balaban J connectivity index is 1.85. The van der Waals surface area contributed by atoms with Crippen LogP contribution in [0.4, 0.5) is 0 Å². The summed E-state index contributed by atoms with van der Waals surface area (Å²) in [6.45, 7) is 2.25. The summed E-state index contributed by atoms with van der Waals surface area (Å²) >= 11 is 0. The lowest BCUT2D eigenvalue weighted by atomic mass is 9.81. The van der Waals surface area contributed by atoms with Crippen LogP contribution in [-0.4, -0.2) is 13.1 Å². The molecular formula is C13H28N2. The summed E-state index contributed by atoms with van der Waals surface area (Å²) in [5.41, 5.74) is 6.35. The van der Waals surface area contributed by atoms with Crippen LogP contribution in [0.25, 0.3) is 0 Å². The highest BCUT2D eigenvalue weighted by molar-refractivity contribution is 4.69. The molecule has 1 aliphatic rings. The molecule has 15 heavy (non-hydrogen) atoms. The zero-order valence-electron chi connectivity index (χ0n) is 10.5. The highest BCUT2D eigenvalue weighted by atomic mass is 15.3. The molecule has 2 heteroatoms. The first kappa shape index (κ1) is 13.0. The van der Waals surface area contributed by atoms with Crippen molar-refractivity contribution in [3.05, 3.63) is 0 Å². The molecular weight excluding hydrogens is 184 g/mol. The van der Waals surface area contributed by atoms with E-state index in [0.717, 1.165) is 5.92 Å². The summed E-state index contributed by atoms with van der Waals surface area (Å²) in [7, 11) is 1.96. The highest BCUT2D eigenvalue weighted by Gasteiger charge is 2.16. The zero-order valence-corrected chi connectivity index (χ0v) is 10.5. The quantitative estimate of drug-likeness (QED) is 0.453. The summed E-state index contributed by atoms with van der Waals surface area (Å²) < 4.78 is 0. The number of unbranched alkanes of at least 4 members (excludes halogenated alkanes) is 2. The number of nitrogens with one attached hydrogen (secondary N) is 2. The van der Waals surface area contributed by atoms with E-state index in [1.807, 2.05) is 7.05 Å². The smallest absolute Gasteiger partial charge is 0.0210 e. The molecule has 0 heterocycles. The second-order valence-electron chi connectivity index (χ2n) is 4.93. The zero-order chi connectivity index (χ0) is 10.9. The maximum Gasteiger partial charge on any atom is 0.0210 e. The van der Waals surface area contributed by atoms with E-state index in [4.69, 9.17) is 0 Å². The van der Waals surface area contributed by atoms with E-state index in [9.17, 15) is 0 Å². The summed E-state index contributed by atoms with van der Waals surface area (Å²) in [6, 6.07) is 0.665. The van der Waals surface area contributed by atoms with Crippen LogP contribution < -0.4 is 10.9 Å². The van der Waals surface area contributed by atoms with Crippen LogP contribution in [0.2, 0.25) is 0 Å². The van der Waals surface area contributed by atoms with Gasteiger partial charge in [0, 0.05) is 6.04 Å². The van der Waals surface area contributed by atoms with Crippen molar-refractivity contribution < 1.29 is 0 Å². The molecule has 0 aromatic carbocycles. The molecule has 2 N–H and O–H groups in total. The third kappa shape index (κ3) is 5.53. The van der Waals surface area contributed by atoms with Gasteiger partial charge in [-0.05, 0) is 25.8 Å². The Morgan fingerprint density at radius 2 is 2.00 bits per heavy atom. The molecule has 1 rings (SSSR count). The van der Waals surface area contributed by atoms with Gasteiger partial charge in [0.15, 0.2) is 0 Å². The molecule has 1 aliphatic carbocycles. The van der Waals surface area contributed by atoms with Gasteiger partial charge in [0.2, 0.25) is 0 Å². The molecule has 2 nitrogen and oxygen atoms in total. The van der Waals surface area contributed by atoms with Crippen LogP contribution in [0.1, 0.15) is 64.7 Å². The van der Waals surface area contributed by atoms with Gasteiger partial charge in [0.25, 0.3) is 0 Å². The largest absolute Gasteiger partial charge is 0.261 e. The molecule has 1 fully saturated rings. The standard InChI is InChI=1S/C13H28N2/c1-3-13(15-14-2)11-6-4-5-8-12-9-7-10-12/h12-15H,3-11H2,1-2H3. The van der Waals surface area contributed by atoms with Crippen molar-refractivity contribution >= 4 is 0 Å². The van der Waals surface area contributed by atoms with Crippen LogP contribution >= 0.6 is 0 Å². The predicted octanol–water partition coefficient (Wildman–Crippen LogP) is 3.24. The molecule has 0 aromatic rings. The molecule has 1 atom stereocenters. The van der Waals surface area contributed by atoms with Crippen LogP contribution in [-0.2, 0) is 0 Å². The minimum Gasteiger partial charge on any atom is -0.261 e. The van der Waals surface area contributed by atoms with Crippen molar-refractivity contribution in [3.8, 4) is 0 Å². The van der Waals surface area contributed by atoms with E-state index in [1.54, 1.807) is 0 Å². The highest BCUT2D eigenvalue weighted by Crippen LogP contribution is 2.31. The maximum atomic E-state index is 3.30. The van der Waals surface area contributed by atoms with Crippen molar-refractivity contribution in [1.82, 2.24) is 10.9 Å². The molecule has 0 radical (unpaired) electrons. The maximum absolute atomic E-state index is 3.30. The fourth-order valence-electron chi connectivity index (χ4n) is 2.36. The molecule has 1 saturated carbocycles. The molecule has 0 aromatic heterocycles. The number of hydrazine groups is 1. The molecule has 0 saturated heterocycles. The Labute approximate surface area is 95.2 Å². The van der Waals surface area contributed by atoms with Crippen molar-refractivity contribution in [1.29, 1.82) is 0 Å². The Kier molecular flexibility index (Phi) is 7.03. The van der Waals surface area contributed by atoms with E-state index in [1.165, 1.54) is 57.8 Å². The fraction of sp³-hybridized carbons (Fsp3) is 1.00. The van der Waals surface area contributed by atoms with E-state index < -0.39 is 0 Å². The lowest BCUT2D eigenvalue weighted by Crippen LogP contribution is -2.37. The molecule has 0 aliphatic heterocycles. The van der Waals surface area contributed by atoms with Crippen LogP contribution in [0.3, 0.4) is 0 Å². The lowest BCUT2D eigenvalue weighted by Gasteiger charge is -2.25. The van der Waals surface area contributed by atoms with Gasteiger partial charge in [-0.2, -0.15) is 0 Å². The molecule has 0 spiro atoms. The van der Waals surface area contributed by atoms with Crippen molar-refractivity contribution in [2.75, 3.05) is 7.05 Å². The van der Waals surface area contributed by atoms with Gasteiger partial charge < -0.3 is 0 Å². The van der Waals surface area contributed by atoms with E-state index in [-0.39, 0.29) is 0 Å². The number of hydrogen-bond donors (Lipinski definition) is 2. The molecule has 1 unspecified atom stereocenters. The monoisotopic (exact) mass is 212 g/mol. The summed E-state index contributed by atoms with van der Waals surface area (Å²) in [4.78, 5) is 0. The van der Waals surface area contributed by atoms with Gasteiger partial charge in [-0.25, -0.2) is 0 Å². The third-order valence-corrected chi connectivity index (χ3v) is 3.73. The fourth-order valence-corrected chi connectivity index (χ4v) is 2.36. The van der Waals surface area contributed by atoms with Crippen molar-refractivity contribution in [3.63, 3.8) is 0 Å². The number of rotatable bonds is 9. The molecule has 0 amide bonds. The van der Waals surface area contributed by atoms with Crippen LogP contribution in [0, 0.1) is 5.92 Å². The van der Waals surface area contributed by atoms with Gasteiger partial charge >= 0.3 is 0 Å². The van der Waals surface area contributed by atoms with E-state index in [2.05, 4.69) is 17.8 Å². The first-order valence-electron chi connectivity index (χ1n) is 6.79. The van der Waals surface area contributed by atoms with Gasteiger partial charge in [0.1, 0.15) is 0 Å². The van der Waals surface area contributed by atoms with Crippen LogP contribution in [0.15, 0.2) is 0 Å². The lowest BCUT2D eigenvalue weighted by molar-refractivity contribution is 0.285. The molecule has 90 valence electrons. The van der Waals surface area contributed by atoms with Gasteiger partial charge in [-0.15, -0.1) is 0 Å². The Morgan fingerprint density at radius 1 is 1.20 bits per heavy atom. The first-order chi connectivity index (χ1) is 7.36. The second kappa shape index (κ2) is 8.12. The van der Waals surface area contributed by atoms with E-state index in [0.29, 0.717) is 6.04 Å². The Morgan fingerprint density at radius 3 is 2.53 bits per heavy atom. The summed E-state index contributed by atoms with van der Waals surface area (Å²) in [5, 5.41) is 0. The predicted molar refractivity (Wildman–Crippen MR) is 66.7 cm³/mol. The Hall–Kier alpha value is -0.0800. The normalized spacial score (nSPS) is 18.8. The number of hydrogen-bond acceptors (Lipinski definition) is 2. The van der Waals surface area contributed by atoms with Crippen molar-refractivity contribution in [2.45, 2.75) is 70.8 Å². The minimum atomic E-state index is 0.665. The topological polar surface area (TPSA) is 24.1 Å². The molecule has 0 bridgehead atoms.